The van der Waals surface area contributed by atoms with E-state index in [0.717, 1.165) is 19.4 Å². The molecule has 10 heteroatoms. The number of aliphatic imine (C=N–C) groups is 1. The van der Waals surface area contributed by atoms with Gasteiger partial charge in [0.05, 0.1) is 13.2 Å². The SMILES string of the molecule is CCCCOCCNC(=NCc1cc2c(cc1OC(F)F)OCO2)NCC.I. The molecule has 0 unspecified atom stereocenters. The molecule has 1 aliphatic rings. The van der Waals surface area contributed by atoms with E-state index in [1.807, 2.05) is 6.92 Å². The quantitative estimate of drug-likeness (QED) is 0.204. The first-order valence-corrected chi connectivity index (χ1v) is 9.11. The zero-order chi connectivity index (χ0) is 19.5. The van der Waals surface area contributed by atoms with Crippen LogP contribution in [-0.2, 0) is 11.3 Å². The van der Waals surface area contributed by atoms with Crippen LogP contribution in [-0.4, -0.2) is 45.7 Å². The first-order valence-electron chi connectivity index (χ1n) is 9.11. The van der Waals surface area contributed by atoms with Crippen LogP contribution in [0, 0.1) is 0 Å². The van der Waals surface area contributed by atoms with Gasteiger partial charge < -0.3 is 29.6 Å². The summed E-state index contributed by atoms with van der Waals surface area (Å²) in [6, 6.07) is 3.02. The molecule has 0 fully saturated rings. The minimum absolute atomic E-state index is 0. The van der Waals surface area contributed by atoms with Gasteiger partial charge >= 0.3 is 6.61 Å². The van der Waals surface area contributed by atoms with E-state index in [2.05, 4.69) is 27.3 Å². The van der Waals surface area contributed by atoms with Gasteiger partial charge in [-0.05, 0) is 19.4 Å². The van der Waals surface area contributed by atoms with E-state index in [1.54, 1.807) is 6.07 Å². The molecule has 0 saturated carbocycles. The smallest absolute Gasteiger partial charge is 0.387 e. The molecule has 0 radical (unpaired) electrons. The van der Waals surface area contributed by atoms with Crippen LogP contribution >= 0.6 is 24.0 Å². The van der Waals surface area contributed by atoms with Crippen molar-refractivity contribution in [2.75, 3.05) is 33.1 Å². The highest BCUT2D eigenvalue weighted by Gasteiger charge is 2.20. The summed E-state index contributed by atoms with van der Waals surface area (Å²) in [7, 11) is 0. The van der Waals surface area contributed by atoms with E-state index >= 15 is 0 Å². The second-order valence-corrected chi connectivity index (χ2v) is 5.78. The topological polar surface area (TPSA) is 73.3 Å². The summed E-state index contributed by atoms with van der Waals surface area (Å²) < 4.78 is 46.0. The zero-order valence-electron chi connectivity index (χ0n) is 16.1. The van der Waals surface area contributed by atoms with Gasteiger partial charge in [0.1, 0.15) is 5.75 Å². The van der Waals surface area contributed by atoms with Gasteiger partial charge in [0.15, 0.2) is 17.5 Å². The van der Waals surface area contributed by atoms with Crippen molar-refractivity contribution in [1.29, 1.82) is 0 Å². The molecule has 0 atom stereocenters. The second kappa shape index (κ2) is 13.6. The Balaban J connectivity index is 0.00000392. The van der Waals surface area contributed by atoms with Gasteiger partial charge in [-0.1, -0.05) is 13.3 Å². The Labute approximate surface area is 181 Å². The van der Waals surface area contributed by atoms with Crippen LogP contribution < -0.4 is 24.8 Å². The summed E-state index contributed by atoms with van der Waals surface area (Å²) in [6.45, 7) is 3.89. The Bertz CT molecular complexity index is 621. The molecular weight excluding hydrogens is 487 g/mol. The fraction of sp³-hybridized carbons (Fsp3) is 0.611. The molecule has 160 valence electrons. The highest BCUT2D eigenvalue weighted by atomic mass is 127. The maximum Gasteiger partial charge on any atom is 0.387 e. The van der Waals surface area contributed by atoms with E-state index in [4.69, 9.17) is 14.2 Å². The summed E-state index contributed by atoms with van der Waals surface area (Å²) in [6.07, 6.45) is 2.13. The number of unbranched alkanes of at least 4 members (excludes halogenated alkanes) is 1. The number of benzene rings is 1. The number of hydrogen-bond acceptors (Lipinski definition) is 5. The summed E-state index contributed by atoms with van der Waals surface area (Å²) in [5.41, 5.74) is 0.482. The highest BCUT2D eigenvalue weighted by Crippen LogP contribution is 2.38. The molecule has 0 saturated heterocycles. The third kappa shape index (κ3) is 8.21. The van der Waals surface area contributed by atoms with Crippen LogP contribution in [0.5, 0.6) is 17.2 Å². The van der Waals surface area contributed by atoms with E-state index in [0.29, 0.717) is 42.7 Å². The van der Waals surface area contributed by atoms with Crippen LogP contribution in [0.2, 0.25) is 0 Å². The van der Waals surface area contributed by atoms with Crippen LogP contribution in [0.1, 0.15) is 32.3 Å². The lowest BCUT2D eigenvalue weighted by atomic mass is 10.1. The fourth-order valence-electron chi connectivity index (χ4n) is 2.39. The maximum absolute atomic E-state index is 12.7. The van der Waals surface area contributed by atoms with Crippen molar-refractivity contribution in [3.05, 3.63) is 17.7 Å². The molecule has 0 spiro atoms. The number of nitrogens with zero attached hydrogens (tertiary/aromatic N) is 1. The molecule has 1 aromatic carbocycles. The summed E-state index contributed by atoms with van der Waals surface area (Å²) in [4.78, 5) is 4.43. The molecule has 7 nitrogen and oxygen atoms in total. The number of halogens is 3. The molecule has 0 aliphatic carbocycles. The molecule has 1 aromatic rings. The second-order valence-electron chi connectivity index (χ2n) is 5.78. The van der Waals surface area contributed by atoms with E-state index in [-0.39, 0.29) is 43.1 Å². The van der Waals surface area contributed by atoms with Gasteiger partial charge in [0, 0.05) is 31.3 Å². The predicted octanol–water partition coefficient (Wildman–Crippen LogP) is 3.51. The molecule has 28 heavy (non-hydrogen) atoms. The number of nitrogens with one attached hydrogen (secondary N) is 2. The lowest BCUT2D eigenvalue weighted by Crippen LogP contribution is -2.39. The van der Waals surface area contributed by atoms with Crippen molar-refractivity contribution in [3.63, 3.8) is 0 Å². The molecule has 2 N–H and O–H groups in total. The first kappa shape index (κ1) is 24.5. The average Bonchev–Trinajstić information content (AvgIpc) is 3.09. The van der Waals surface area contributed by atoms with Gasteiger partial charge in [0.2, 0.25) is 6.79 Å². The van der Waals surface area contributed by atoms with Gasteiger partial charge in [-0.2, -0.15) is 8.78 Å². The molecule has 0 aromatic heterocycles. The molecule has 0 bridgehead atoms. The van der Waals surface area contributed by atoms with Gasteiger partial charge in [0.25, 0.3) is 0 Å². The predicted molar refractivity (Wildman–Crippen MR) is 113 cm³/mol. The number of ether oxygens (including phenoxy) is 4. The molecule has 1 aliphatic heterocycles. The largest absolute Gasteiger partial charge is 0.454 e. The van der Waals surface area contributed by atoms with Gasteiger partial charge in [-0.25, -0.2) is 4.99 Å². The Morgan fingerprint density at radius 2 is 1.93 bits per heavy atom. The van der Waals surface area contributed by atoms with E-state index in [1.165, 1.54) is 6.07 Å². The van der Waals surface area contributed by atoms with Crippen molar-refractivity contribution in [1.82, 2.24) is 10.6 Å². The van der Waals surface area contributed by atoms with E-state index in [9.17, 15) is 8.78 Å². The zero-order valence-corrected chi connectivity index (χ0v) is 18.5. The van der Waals surface area contributed by atoms with Crippen molar-refractivity contribution in [2.45, 2.75) is 39.8 Å². The Kier molecular flexibility index (Phi) is 11.9. The first-order chi connectivity index (χ1) is 13.1. The lowest BCUT2D eigenvalue weighted by Gasteiger charge is -2.13. The molecule has 1 heterocycles. The molecule has 2 rings (SSSR count). The molecular formula is C18H28F2IN3O4. The van der Waals surface area contributed by atoms with Gasteiger partial charge in [-0.15, -0.1) is 24.0 Å². The van der Waals surface area contributed by atoms with Crippen LogP contribution in [0.25, 0.3) is 0 Å². The average molecular weight is 515 g/mol. The number of hydrogen-bond donors (Lipinski definition) is 2. The summed E-state index contributed by atoms with van der Waals surface area (Å²) >= 11 is 0. The number of alkyl halides is 2. The van der Waals surface area contributed by atoms with Gasteiger partial charge in [-0.3, -0.25) is 0 Å². The monoisotopic (exact) mass is 515 g/mol. The summed E-state index contributed by atoms with van der Waals surface area (Å²) in [5, 5.41) is 6.26. The number of fused-ring (bicyclic) bond motifs is 1. The van der Waals surface area contributed by atoms with Crippen LogP contribution in [0.3, 0.4) is 0 Å². The Morgan fingerprint density at radius 3 is 2.61 bits per heavy atom. The highest BCUT2D eigenvalue weighted by molar-refractivity contribution is 14.0. The fourth-order valence-corrected chi connectivity index (χ4v) is 2.39. The number of rotatable bonds is 11. The minimum Gasteiger partial charge on any atom is -0.454 e. The van der Waals surface area contributed by atoms with Crippen LogP contribution in [0.4, 0.5) is 8.78 Å². The van der Waals surface area contributed by atoms with E-state index < -0.39 is 6.61 Å². The van der Waals surface area contributed by atoms with Crippen LogP contribution in [0.15, 0.2) is 17.1 Å². The Morgan fingerprint density at radius 1 is 1.18 bits per heavy atom. The third-order valence-corrected chi connectivity index (χ3v) is 3.70. The lowest BCUT2D eigenvalue weighted by molar-refractivity contribution is -0.0505. The van der Waals surface area contributed by atoms with Crippen molar-refractivity contribution >= 4 is 29.9 Å². The van der Waals surface area contributed by atoms with Crippen molar-refractivity contribution in [3.8, 4) is 17.2 Å². The third-order valence-electron chi connectivity index (χ3n) is 3.70. The minimum atomic E-state index is -2.93. The normalized spacial score (nSPS) is 12.7. The number of guanidine groups is 1. The standard InChI is InChI=1S/C18H27F2N3O4.HI/c1-3-5-7-24-8-6-22-18(21-4-2)23-11-13-9-15-16(26-12-25-15)10-14(13)27-17(19)20;/h9-10,17H,3-8,11-12H2,1-2H3,(H2,21,22,23);1H. The summed E-state index contributed by atoms with van der Waals surface area (Å²) in [5.74, 6) is 1.46. The van der Waals surface area contributed by atoms with Crippen molar-refractivity contribution in [2.24, 2.45) is 4.99 Å². The molecule has 0 amide bonds. The maximum atomic E-state index is 12.7. The van der Waals surface area contributed by atoms with Crippen molar-refractivity contribution < 1.29 is 27.7 Å². The Hall–Kier alpha value is -1.56.